The van der Waals surface area contributed by atoms with E-state index in [1.165, 1.54) is 12.1 Å². The standard InChI is InChI=1S/C22H28FN3O2/c1-5-26(13-18-10-7-11-19(23)12-18)21(28)15-25(4)14-20(27)24-22-16(2)8-6-9-17(22)3/h6-12H,5,13-15H2,1-4H3,(H,24,27). The van der Waals surface area contributed by atoms with Crippen molar-refractivity contribution in [2.75, 3.05) is 32.0 Å². The number of carbonyl (C=O) groups is 2. The Bertz CT molecular complexity index is 818. The van der Waals surface area contributed by atoms with Crippen LogP contribution >= 0.6 is 0 Å². The molecule has 0 radical (unpaired) electrons. The Morgan fingerprint density at radius 3 is 2.29 bits per heavy atom. The number of hydrogen-bond donors (Lipinski definition) is 1. The highest BCUT2D eigenvalue weighted by Gasteiger charge is 2.17. The van der Waals surface area contributed by atoms with Gasteiger partial charge in [0.1, 0.15) is 5.82 Å². The first-order chi connectivity index (χ1) is 13.3. The molecule has 0 aromatic heterocycles. The normalized spacial score (nSPS) is 10.8. The summed E-state index contributed by atoms with van der Waals surface area (Å²) in [5, 5.41) is 2.92. The van der Waals surface area contributed by atoms with Gasteiger partial charge < -0.3 is 10.2 Å². The molecule has 0 atom stereocenters. The van der Waals surface area contributed by atoms with Crippen molar-refractivity contribution in [1.29, 1.82) is 0 Å². The van der Waals surface area contributed by atoms with Crippen LogP contribution in [0.4, 0.5) is 10.1 Å². The van der Waals surface area contributed by atoms with Gasteiger partial charge in [-0.1, -0.05) is 30.3 Å². The maximum atomic E-state index is 13.4. The van der Waals surface area contributed by atoms with Gasteiger partial charge in [0.2, 0.25) is 11.8 Å². The summed E-state index contributed by atoms with van der Waals surface area (Å²) in [5.41, 5.74) is 3.55. The lowest BCUT2D eigenvalue weighted by Crippen LogP contribution is -2.41. The molecule has 0 spiro atoms. The molecular weight excluding hydrogens is 357 g/mol. The van der Waals surface area contributed by atoms with Crippen molar-refractivity contribution in [2.45, 2.75) is 27.3 Å². The lowest BCUT2D eigenvalue weighted by Gasteiger charge is -2.24. The van der Waals surface area contributed by atoms with E-state index in [1.807, 2.05) is 39.0 Å². The van der Waals surface area contributed by atoms with E-state index >= 15 is 0 Å². The first-order valence-electron chi connectivity index (χ1n) is 9.37. The third-order valence-corrected chi connectivity index (χ3v) is 4.56. The topological polar surface area (TPSA) is 52.7 Å². The molecular formula is C22H28FN3O2. The van der Waals surface area contributed by atoms with E-state index in [1.54, 1.807) is 29.0 Å². The molecule has 0 unspecified atom stereocenters. The molecule has 5 nitrogen and oxygen atoms in total. The van der Waals surface area contributed by atoms with E-state index in [-0.39, 0.29) is 30.7 Å². The largest absolute Gasteiger partial charge is 0.338 e. The molecule has 0 aliphatic carbocycles. The highest BCUT2D eigenvalue weighted by Crippen LogP contribution is 2.19. The average Bonchev–Trinajstić information content (AvgIpc) is 2.62. The Morgan fingerprint density at radius 2 is 1.68 bits per heavy atom. The van der Waals surface area contributed by atoms with Crippen molar-refractivity contribution < 1.29 is 14.0 Å². The summed E-state index contributed by atoms with van der Waals surface area (Å²) in [7, 11) is 1.73. The molecule has 150 valence electrons. The number of benzene rings is 2. The number of nitrogens with zero attached hydrogens (tertiary/aromatic N) is 2. The van der Waals surface area contributed by atoms with E-state index in [9.17, 15) is 14.0 Å². The monoisotopic (exact) mass is 385 g/mol. The van der Waals surface area contributed by atoms with E-state index < -0.39 is 0 Å². The summed E-state index contributed by atoms with van der Waals surface area (Å²) < 4.78 is 13.4. The van der Waals surface area contributed by atoms with Crippen LogP contribution in [0.5, 0.6) is 0 Å². The number of para-hydroxylation sites is 1. The summed E-state index contributed by atoms with van der Waals surface area (Å²) in [6, 6.07) is 12.1. The van der Waals surface area contributed by atoms with Gasteiger partial charge >= 0.3 is 0 Å². The van der Waals surface area contributed by atoms with E-state index in [2.05, 4.69) is 5.32 Å². The van der Waals surface area contributed by atoms with Crippen molar-refractivity contribution in [2.24, 2.45) is 0 Å². The van der Waals surface area contributed by atoms with Crippen molar-refractivity contribution in [3.8, 4) is 0 Å². The van der Waals surface area contributed by atoms with Gasteiger partial charge in [0, 0.05) is 18.8 Å². The molecule has 0 fully saturated rings. The van der Waals surface area contributed by atoms with Crippen LogP contribution in [0.2, 0.25) is 0 Å². The predicted octanol–water partition coefficient (Wildman–Crippen LogP) is 3.36. The smallest absolute Gasteiger partial charge is 0.238 e. The molecule has 0 heterocycles. The van der Waals surface area contributed by atoms with Crippen LogP contribution < -0.4 is 5.32 Å². The molecule has 0 bridgehead atoms. The third kappa shape index (κ3) is 6.16. The molecule has 2 amide bonds. The molecule has 28 heavy (non-hydrogen) atoms. The molecule has 2 rings (SSSR count). The maximum Gasteiger partial charge on any atom is 0.238 e. The molecule has 0 saturated carbocycles. The molecule has 2 aromatic carbocycles. The summed E-state index contributed by atoms with van der Waals surface area (Å²) in [6.07, 6.45) is 0. The number of aryl methyl sites for hydroxylation is 2. The predicted molar refractivity (Wildman–Crippen MR) is 110 cm³/mol. The van der Waals surface area contributed by atoms with Gasteiger partial charge in [-0.15, -0.1) is 0 Å². The highest BCUT2D eigenvalue weighted by atomic mass is 19.1. The fourth-order valence-corrected chi connectivity index (χ4v) is 3.05. The first kappa shape index (κ1) is 21.6. The van der Waals surface area contributed by atoms with Crippen LogP contribution in [-0.4, -0.2) is 48.3 Å². The fraction of sp³-hybridized carbons (Fsp3) is 0.364. The number of likely N-dealkylation sites (N-methyl/N-ethyl adjacent to an activating group) is 2. The second kappa shape index (κ2) is 9.99. The fourth-order valence-electron chi connectivity index (χ4n) is 3.05. The summed E-state index contributed by atoms with van der Waals surface area (Å²) in [6.45, 7) is 6.85. The summed E-state index contributed by atoms with van der Waals surface area (Å²) in [4.78, 5) is 28.3. The number of amides is 2. The lowest BCUT2D eigenvalue weighted by atomic mass is 10.1. The van der Waals surface area contributed by atoms with Crippen molar-refractivity contribution in [3.63, 3.8) is 0 Å². The Morgan fingerprint density at radius 1 is 1.04 bits per heavy atom. The van der Waals surface area contributed by atoms with Crippen LogP contribution in [0, 0.1) is 19.7 Å². The molecule has 0 aliphatic heterocycles. The number of hydrogen-bond acceptors (Lipinski definition) is 3. The lowest BCUT2D eigenvalue weighted by molar-refractivity contribution is -0.132. The molecule has 0 aliphatic rings. The van der Waals surface area contributed by atoms with Gasteiger partial charge in [0.05, 0.1) is 13.1 Å². The molecule has 0 saturated heterocycles. The van der Waals surface area contributed by atoms with Gasteiger partial charge in [-0.2, -0.15) is 0 Å². The quantitative estimate of drug-likeness (QED) is 0.758. The number of rotatable bonds is 8. The van der Waals surface area contributed by atoms with Crippen LogP contribution in [0.25, 0.3) is 0 Å². The Labute approximate surface area is 166 Å². The van der Waals surface area contributed by atoms with Crippen molar-refractivity contribution in [3.05, 3.63) is 65.0 Å². The average molecular weight is 385 g/mol. The zero-order valence-electron chi connectivity index (χ0n) is 17.0. The SMILES string of the molecule is CCN(Cc1cccc(F)c1)C(=O)CN(C)CC(=O)Nc1c(C)cccc1C. The van der Waals surface area contributed by atoms with E-state index in [0.29, 0.717) is 13.1 Å². The zero-order chi connectivity index (χ0) is 20.7. The molecule has 2 aromatic rings. The minimum Gasteiger partial charge on any atom is -0.338 e. The zero-order valence-corrected chi connectivity index (χ0v) is 17.0. The minimum atomic E-state index is -0.318. The van der Waals surface area contributed by atoms with Gasteiger partial charge in [-0.05, 0) is 56.6 Å². The highest BCUT2D eigenvalue weighted by molar-refractivity contribution is 5.94. The number of carbonyl (C=O) groups excluding carboxylic acids is 2. The van der Waals surface area contributed by atoms with Gasteiger partial charge in [0.15, 0.2) is 0 Å². The number of halogens is 1. The Kier molecular flexibility index (Phi) is 7.70. The Hall–Kier alpha value is -2.73. The second-order valence-corrected chi connectivity index (χ2v) is 7.03. The molecule has 1 N–H and O–H groups in total. The van der Waals surface area contributed by atoms with E-state index in [0.717, 1.165) is 22.4 Å². The van der Waals surface area contributed by atoms with Crippen LogP contribution in [0.1, 0.15) is 23.6 Å². The van der Waals surface area contributed by atoms with Crippen LogP contribution in [0.3, 0.4) is 0 Å². The summed E-state index contributed by atoms with van der Waals surface area (Å²) in [5.74, 6) is -0.587. The van der Waals surface area contributed by atoms with Gasteiger partial charge in [0.25, 0.3) is 0 Å². The van der Waals surface area contributed by atoms with Crippen LogP contribution in [-0.2, 0) is 16.1 Å². The van der Waals surface area contributed by atoms with Gasteiger partial charge in [-0.3, -0.25) is 14.5 Å². The third-order valence-electron chi connectivity index (χ3n) is 4.56. The maximum absolute atomic E-state index is 13.4. The summed E-state index contributed by atoms with van der Waals surface area (Å²) >= 11 is 0. The first-order valence-corrected chi connectivity index (χ1v) is 9.37. The van der Waals surface area contributed by atoms with E-state index in [4.69, 9.17) is 0 Å². The van der Waals surface area contributed by atoms with Crippen molar-refractivity contribution in [1.82, 2.24) is 9.80 Å². The van der Waals surface area contributed by atoms with Crippen molar-refractivity contribution >= 4 is 17.5 Å². The minimum absolute atomic E-state index is 0.103. The molecule has 6 heteroatoms. The number of nitrogens with one attached hydrogen (secondary N) is 1. The number of anilines is 1. The van der Waals surface area contributed by atoms with Crippen LogP contribution in [0.15, 0.2) is 42.5 Å². The van der Waals surface area contributed by atoms with Gasteiger partial charge in [-0.25, -0.2) is 4.39 Å². The Balaban J connectivity index is 1.90. The second-order valence-electron chi connectivity index (χ2n) is 7.03.